The van der Waals surface area contributed by atoms with Crippen LogP contribution < -0.4 is 5.73 Å². The molecule has 0 bridgehead atoms. The van der Waals surface area contributed by atoms with Crippen molar-refractivity contribution in [2.75, 3.05) is 13.1 Å². The van der Waals surface area contributed by atoms with Crippen molar-refractivity contribution in [3.63, 3.8) is 0 Å². The van der Waals surface area contributed by atoms with Gasteiger partial charge in [0.1, 0.15) is 5.60 Å². The lowest BCUT2D eigenvalue weighted by atomic mass is 9.72. The normalized spacial score (nSPS) is 20.1. The second-order valence-corrected chi connectivity index (χ2v) is 7.61. The van der Waals surface area contributed by atoms with E-state index in [4.69, 9.17) is 21.0 Å². The summed E-state index contributed by atoms with van der Waals surface area (Å²) in [6, 6.07) is 0. The summed E-state index contributed by atoms with van der Waals surface area (Å²) in [6.07, 6.45) is 0.503. The van der Waals surface area contributed by atoms with Crippen LogP contribution in [0.5, 0.6) is 0 Å². The highest BCUT2D eigenvalue weighted by atomic mass is 16.6. The van der Waals surface area contributed by atoms with Gasteiger partial charge in [0.2, 0.25) is 0 Å². The first kappa shape index (κ1) is 21.2. The molecule has 0 aromatic rings. The largest absolute Gasteiger partial charge is 0.465 e. The van der Waals surface area contributed by atoms with Crippen LogP contribution in [0.15, 0.2) is 0 Å². The number of nitrogens with two attached hydrogens (primary N) is 1. The number of hydrogen-bond acceptors (Lipinski definition) is 4. The number of esters is 1. The van der Waals surface area contributed by atoms with Gasteiger partial charge in [-0.05, 0) is 38.5 Å². The predicted octanol–water partition coefficient (Wildman–Crippen LogP) is 2.69. The topological polar surface area (TPSA) is 117 Å². The summed E-state index contributed by atoms with van der Waals surface area (Å²) in [4.78, 5) is 22.5. The number of amides is 1. The average molecular weight is 329 g/mol. The Balaban J connectivity index is 0.000000515. The molecule has 0 spiro atoms. The number of hydrogen-bond donors (Lipinski definition) is 3. The quantitative estimate of drug-likeness (QED) is 0.409. The minimum absolute atomic E-state index is 0.0949. The molecule has 4 N–H and O–H groups in total. The van der Waals surface area contributed by atoms with E-state index in [1.165, 1.54) is 11.8 Å². The standard InChI is InChI=1S/C10H19N3O2.C6H12O2/c1-10(2)6-13(9(14)15)4-3-7(10)5-8(11)12;1-5(7)8-6(2,3)4/h7H,3-6H2,1-2H3,(H3,11,12)(H,14,15);1-4H3. The maximum atomic E-state index is 10.8. The number of carbonyl (C=O) groups excluding carboxylic acids is 1. The molecular weight excluding hydrogens is 298 g/mol. The molecule has 7 nitrogen and oxygen atoms in total. The summed E-state index contributed by atoms with van der Waals surface area (Å²) in [5.74, 6) is 0.278. The van der Waals surface area contributed by atoms with E-state index in [2.05, 4.69) is 0 Å². The third-order valence-corrected chi connectivity index (χ3v) is 3.64. The maximum absolute atomic E-state index is 10.8. The molecule has 1 heterocycles. The van der Waals surface area contributed by atoms with E-state index in [-0.39, 0.29) is 22.8 Å². The fraction of sp³-hybridized carbons (Fsp3) is 0.812. The number of piperidine rings is 1. The Bertz CT molecular complexity index is 441. The van der Waals surface area contributed by atoms with Gasteiger partial charge in [-0.15, -0.1) is 0 Å². The first-order chi connectivity index (χ1) is 10.2. The van der Waals surface area contributed by atoms with Crippen molar-refractivity contribution in [3.8, 4) is 0 Å². The summed E-state index contributed by atoms with van der Waals surface area (Å²) in [6.45, 7) is 12.1. The number of nitrogens with zero attached hydrogens (tertiary/aromatic N) is 1. The predicted molar refractivity (Wildman–Crippen MR) is 89.5 cm³/mol. The summed E-state index contributed by atoms with van der Waals surface area (Å²) in [5.41, 5.74) is 4.97. The van der Waals surface area contributed by atoms with Gasteiger partial charge in [0.15, 0.2) is 0 Å². The van der Waals surface area contributed by atoms with E-state index in [1.54, 1.807) is 0 Å². The zero-order chi connectivity index (χ0) is 18.4. The van der Waals surface area contributed by atoms with Crippen LogP contribution in [0.25, 0.3) is 0 Å². The summed E-state index contributed by atoms with van der Waals surface area (Å²) in [5, 5.41) is 16.2. The molecule has 7 heteroatoms. The fourth-order valence-electron chi connectivity index (χ4n) is 2.64. The van der Waals surface area contributed by atoms with Crippen molar-refractivity contribution in [2.45, 2.75) is 60.0 Å². The lowest BCUT2D eigenvalue weighted by molar-refractivity contribution is -0.151. The molecule has 0 aromatic carbocycles. The molecule has 0 aliphatic carbocycles. The van der Waals surface area contributed by atoms with Crippen molar-refractivity contribution >= 4 is 17.9 Å². The van der Waals surface area contributed by atoms with Crippen molar-refractivity contribution in [1.82, 2.24) is 4.90 Å². The van der Waals surface area contributed by atoms with Crippen LogP contribution in [0.3, 0.4) is 0 Å². The van der Waals surface area contributed by atoms with Crippen molar-refractivity contribution < 1.29 is 19.4 Å². The molecule has 0 aromatic heterocycles. The van der Waals surface area contributed by atoms with Gasteiger partial charge in [0.05, 0.1) is 5.84 Å². The number of carbonyl (C=O) groups is 2. The first-order valence-electron chi connectivity index (χ1n) is 7.75. The van der Waals surface area contributed by atoms with Gasteiger partial charge in [-0.1, -0.05) is 13.8 Å². The van der Waals surface area contributed by atoms with Crippen LogP contribution in [-0.4, -0.2) is 46.6 Å². The minimum Gasteiger partial charge on any atom is -0.465 e. The van der Waals surface area contributed by atoms with Crippen molar-refractivity contribution in [1.29, 1.82) is 5.41 Å². The Labute approximate surface area is 138 Å². The smallest absolute Gasteiger partial charge is 0.407 e. The third-order valence-electron chi connectivity index (χ3n) is 3.64. The number of rotatable bonds is 2. The monoisotopic (exact) mass is 329 g/mol. The van der Waals surface area contributed by atoms with Gasteiger partial charge in [-0.25, -0.2) is 4.79 Å². The van der Waals surface area contributed by atoms with E-state index in [1.807, 2.05) is 34.6 Å². The van der Waals surface area contributed by atoms with E-state index >= 15 is 0 Å². The van der Waals surface area contributed by atoms with E-state index in [9.17, 15) is 9.59 Å². The average Bonchev–Trinajstić information content (AvgIpc) is 2.28. The number of amidine groups is 1. The molecule has 1 aliphatic rings. The summed E-state index contributed by atoms with van der Waals surface area (Å²) >= 11 is 0. The van der Waals surface area contributed by atoms with E-state index < -0.39 is 6.09 Å². The second kappa shape index (κ2) is 8.17. The van der Waals surface area contributed by atoms with Crippen molar-refractivity contribution in [3.05, 3.63) is 0 Å². The zero-order valence-corrected chi connectivity index (χ0v) is 15.1. The van der Waals surface area contributed by atoms with Gasteiger partial charge in [0, 0.05) is 26.4 Å². The van der Waals surface area contributed by atoms with Crippen LogP contribution in [0.4, 0.5) is 4.79 Å². The Morgan fingerprint density at radius 3 is 2.17 bits per heavy atom. The second-order valence-electron chi connectivity index (χ2n) is 7.61. The van der Waals surface area contributed by atoms with Gasteiger partial charge < -0.3 is 20.5 Å². The van der Waals surface area contributed by atoms with Crippen LogP contribution in [0.1, 0.15) is 54.4 Å². The lowest BCUT2D eigenvalue weighted by Crippen LogP contribution is -2.48. The Morgan fingerprint density at radius 1 is 1.39 bits per heavy atom. The van der Waals surface area contributed by atoms with Gasteiger partial charge in [-0.2, -0.15) is 0 Å². The first-order valence-corrected chi connectivity index (χ1v) is 7.75. The Morgan fingerprint density at radius 2 is 1.91 bits per heavy atom. The molecule has 1 fully saturated rings. The molecule has 1 saturated heterocycles. The highest BCUT2D eigenvalue weighted by Crippen LogP contribution is 2.36. The highest BCUT2D eigenvalue weighted by Gasteiger charge is 2.37. The number of ether oxygens (including phenoxy) is 1. The van der Waals surface area contributed by atoms with Crippen LogP contribution in [0, 0.1) is 16.7 Å². The summed E-state index contributed by atoms with van der Waals surface area (Å²) in [7, 11) is 0. The van der Waals surface area contributed by atoms with Gasteiger partial charge in [0.25, 0.3) is 0 Å². The molecule has 23 heavy (non-hydrogen) atoms. The molecule has 1 rings (SSSR count). The maximum Gasteiger partial charge on any atom is 0.407 e. The van der Waals surface area contributed by atoms with E-state index in [0.29, 0.717) is 25.4 Å². The molecular formula is C16H31N3O4. The molecule has 1 aliphatic heterocycles. The highest BCUT2D eigenvalue weighted by molar-refractivity contribution is 5.77. The number of likely N-dealkylation sites (tertiary alicyclic amines) is 1. The molecule has 1 atom stereocenters. The van der Waals surface area contributed by atoms with Gasteiger partial charge in [-0.3, -0.25) is 10.2 Å². The van der Waals surface area contributed by atoms with Crippen molar-refractivity contribution in [2.24, 2.45) is 17.1 Å². The number of carboxylic acid groups (broad SMARTS) is 1. The Hall–Kier alpha value is -1.79. The van der Waals surface area contributed by atoms with Crippen LogP contribution in [-0.2, 0) is 9.53 Å². The Kier molecular flexibility index (Phi) is 7.54. The van der Waals surface area contributed by atoms with Crippen LogP contribution >= 0.6 is 0 Å². The van der Waals surface area contributed by atoms with E-state index in [0.717, 1.165) is 6.42 Å². The molecule has 1 unspecified atom stereocenters. The molecule has 0 saturated carbocycles. The minimum atomic E-state index is -0.857. The zero-order valence-electron chi connectivity index (χ0n) is 15.1. The van der Waals surface area contributed by atoms with Crippen LogP contribution in [0.2, 0.25) is 0 Å². The van der Waals surface area contributed by atoms with Gasteiger partial charge >= 0.3 is 12.1 Å². The molecule has 134 valence electrons. The summed E-state index contributed by atoms with van der Waals surface area (Å²) < 4.78 is 4.80. The molecule has 1 amide bonds. The fourth-order valence-corrected chi connectivity index (χ4v) is 2.64. The lowest BCUT2D eigenvalue weighted by Gasteiger charge is -2.43. The third kappa shape index (κ3) is 9.05. The molecule has 0 radical (unpaired) electrons. The number of nitrogens with one attached hydrogen (secondary N) is 1. The SMILES string of the molecule is CC(=O)OC(C)(C)C.CC1(C)CN(C(=O)O)CCC1CC(=N)N.